The molecule has 2 amide bonds. The van der Waals surface area contributed by atoms with E-state index in [-0.39, 0.29) is 12.6 Å². The fourth-order valence-electron chi connectivity index (χ4n) is 2.61. The molecule has 0 unspecified atom stereocenters. The van der Waals surface area contributed by atoms with Gasteiger partial charge in [0.2, 0.25) is 0 Å². The maximum absolute atomic E-state index is 12.3. The van der Waals surface area contributed by atoms with E-state index in [4.69, 9.17) is 0 Å². The monoisotopic (exact) mass is 330 g/mol. The Balaban J connectivity index is 1.79. The van der Waals surface area contributed by atoms with E-state index < -0.39 is 0 Å². The van der Waals surface area contributed by atoms with Crippen LogP contribution < -0.4 is 5.32 Å². The van der Waals surface area contributed by atoms with Gasteiger partial charge in [-0.1, -0.05) is 30.3 Å². The second-order valence-corrected chi connectivity index (χ2v) is 5.87. The van der Waals surface area contributed by atoms with Gasteiger partial charge in [-0.15, -0.1) is 0 Å². The number of hydrogen-bond donors (Lipinski definition) is 2. The molecule has 6 nitrogen and oxygen atoms in total. The van der Waals surface area contributed by atoms with Crippen LogP contribution in [0.5, 0.6) is 0 Å². The average molecular weight is 330 g/mol. The van der Waals surface area contributed by atoms with Gasteiger partial charge in [0.25, 0.3) is 0 Å². The first-order valence-electron chi connectivity index (χ1n) is 8.28. The molecular formula is C18H26N4O2. The third-order valence-electron chi connectivity index (χ3n) is 3.80. The van der Waals surface area contributed by atoms with Crippen LogP contribution in [-0.2, 0) is 13.1 Å². The van der Waals surface area contributed by atoms with Crippen molar-refractivity contribution in [2.24, 2.45) is 0 Å². The molecule has 0 saturated carbocycles. The van der Waals surface area contributed by atoms with Crippen molar-refractivity contribution in [1.29, 1.82) is 0 Å². The molecule has 0 spiro atoms. The molecule has 2 aromatic rings. The molecule has 0 atom stereocenters. The van der Waals surface area contributed by atoms with E-state index in [9.17, 15) is 9.90 Å². The van der Waals surface area contributed by atoms with Crippen LogP contribution in [0.1, 0.15) is 23.4 Å². The van der Waals surface area contributed by atoms with Gasteiger partial charge in [-0.2, -0.15) is 5.10 Å². The smallest absolute Gasteiger partial charge is 0.317 e. The Labute approximate surface area is 143 Å². The molecule has 0 aliphatic carbocycles. The maximum atomic E-state index is 12.3. The maximum Gasteiger partial charge on any atom is 0.317 e. The Morgan fingerprint density at radius 2 is 2.04 bits per heavy atom. The highest BCUT2D eigenvalue weighted by Crippen LogP contribution is 2.05. The second kappa shape index (κ2) is 9.08. The summed E-state index contributed by atoms with van der Waals surface area (Å²) < 4.78 is 1.96. The summed E-state index contributed by atoms with van der Waals surface area (Å²) in [6, 6.07) is 11.7. The van der Waals surface area contributed by atoms with Crippen LogP contribution in [0.25, 0.3) is 0 Å². The second-order valence-electron chi connectivity index (χ2n) is 5.87. The van der Waals surface area contributed by atoms with Crippen molar-refractivity contribution in [2.75, 3.05) is 19.7 Å². The topological polar surface area (TPSA) is 70.4 Å². The minimum atomic E-state index is -0.152. The largest absolute Gasteiger partial charge is 0.395 e. The Morgan fingerprint density at radius 3 is 2.67 bits per heavy atom. The van der Waals surface area contributed by atoms with Crippen molar-refractivity contribution >= 4 is 6.03 Å². The van der Waals surface area contributed by atoms with Gasteiger partial charge in [0.15, 0.2) is 0 Å². The van der Waals surface area contributed by atoms with Crippen LogP contribution in [-0.4, -0.2) is 45.5 Å². The Bertz CT molecular complexity index is 640. The molecule has 0 saturated heterocycles. The molecule has 1 heterocycles. The number of benzene rings is 1. The minimum Gasteiger partial charge on any atom is -0.395 e. The number of aliphatic hydroxyl groups excluding tert-OH is 1. The van der Waals surface area contributed by atoms with Crippen molar-refractivity contribution in [3.05, 3.63) is 53.3 Å². The molecule has 0 aliphatic heterocycles. The predicted octanol–water partition coefficient (Wildman–Crippen LogP) is 2.09. The van der Waals surface area contributed by atoms with Crippen LogP contribution in [0.15, 0.2) is 36.4 Å². The third-order valence-corrected chi connectivity index (χ3v) is 3.80. The van der Waals surface area contributed by atoms with Gasteiger partial charge >= 0.3 is 6.03 Å². The zero-order valence-corrected chi connectivity index (χ0v) is 14.4. The summed E-state index contributed by atoms with van der Waals surface area (Å²) in [5.74, 6) is 0. The summed E-state index contributed by atoms with van der Waals surface area (Å²) in [5.41, 5.74) is 3.18. The van der Waals surface area contributed by atoms with E-state index in [1.165, 1.54) is 0 Å². The molecule has 6 heteroatoms. The molecule has 1 aromatic heterocycles. The number of nitrogens with zero attached hydrogens (tertiary/aromatic N) is 3. The molecule has 130 valence electrons. The zero-order chi connectivity index (χ0) is 17.4. The SMILES string of the molecule is Cc1cc(C)n(CCCNC(=O)N(CCO)Cc2ccccc2)n1. The number of aromatic nitrogens is 2. The minimum absolute atomic E-state index is 0.0496. The van der Waals surface area contributed by atoms with Gasteiger partial charge in [-0.05, 0) is 31.9 Å². The molecule has 1 aromatic carbocycles. The van der Waals surface area contributed by atoms with Crippen molar-refractivity contribution in [2.45, 2.75) is 33.4 Å². The van der Waals surface area contributed by atoms with Gasteiger partial charge in [0.1, 0.15) is 0 Å². The van der Waals surface area contributed by atoms with E-state index in [1.54, 1.807) is 4.90 Å². The first-order chi connectivity index (χ1) is 11.6. The molecule has 0 aliphatic rings. The molecule has 0 fully saturated rings. The fraction of sp³-hybridized carbons (Fsp3) is 0.444. The van der Waals surface area contributed by atoms with E-state index in [0.717, 1.165) is 29.9 Å². The Kier molecular flexibility index (Phi) is 6.81. The first-order valence-corrected chi connectivity index (χ1v) is 8.28. The highest BCUT2D eigenvalue weighted by Gasteiger charge is 2.12. The molecule has 24 heavy (non-hydrogen) atoms. The third kappa shape index (κ3) is 5.38. The highest BCUT2D eigenvalue weighted by molar-refractivity contribution is 5.74. The highest BCUT2D eigenvalue weighted by atomic mass is 16.3. The summed E-state index contributed by atoms with van der Waals surface area (Å²) in [5, 5.41) is 16.5. The van der Waals surface area contributed by atoms with Crippen molar-refractivity contribution < 1.29 is 9.90 Å². The van der Waals surface area contributed by atoms with Crippen LogP contribution in [0.2, 0.25) is 0 Å². The average Bonchev–Trinajstić information content (AvgIpc) is 2.89. The summed E-state index contributed by atoms with van der Waals surface area (Å²) in [6.07, 6.45) is 0.812. The number of hydrogen-bond acceptors (Lipinski definition) is 3. The van der Waals surface area contributed by atoms with Gasteiger partial charge < -0.3 is 15.3 Å². The number of rotatable bonds is 8. The Hall–Kier alpha value is -2.34. The number of carbonyl (C=O) groups is 1. The lowest BCUT2D eigenvalue weighted by Crippen LogP contribution is -2.41. The first kappa shape index (κ1) is 18.0. The van der Waals surface area contributed by atoms with Gasteiger partial charge in [0, 0.05) is 31.9 Å². The van der Waals surface area contributed by atoms with Crippen LogP contribution in [0.3, 0.4) is 0 Å². The van der Waals surface area contributed by atoms with E-state index in [2.05, 4.69) is 10.4 Å². The standard InChI is InChI=1S/C18H26N4O2/c1-15-13-16(2)22(20-15)10-6-9-19-18(24)21(11-12-23)14-17-7-4-3-5-8-17/h3-5,7-8,13,23H,6,9-12,14H2,1-2H3,(H,19,24). The van der Waals surface area contributed by atoms with Crippen molar-refractivity contribution in [3.63, 3.8) is 0 Å². The fourth-order valence-corrected chi connectivity index (χ4v) is 2.61. The number of aliphatic hydroxyl groups is 1. The van der Waals surface area contributed by atoms with E-state index >= 15 is 0 Å². The number of aryl methyl sites for hydroxylation is 3. The lowest BCUT2D eigenvalue weighted by molar-refractivity contribution is 0.174. The quantitative estimate of drug-likeness (QED) is 0.728. The molecule has 0 radical (unpaired) electrons. The van der Waals surface area contributed by atoms with Crippen molar-refractivity contribution in [3.8, 4) is 0 Å². The van der Waals surface area contributed by atoms with E-state index in [1.807, 2.05) is 54.9 Å². The van der Waals surface area contributed by atoms with Gasteiger partial charge in [0.05, 0.1) is 12.3 Å². The molecule has 2 N–H and O–H groups in total. The molecule has 0 bridgehead atoms. The lowest BCUT2D eigenvalue weighted by atomic mass is 10.2. The molecule has 2 rings (SSSR count). The van der Waals surface area contributed by atoms with Gasteiger partial charge in [-0.3, -0.25) is 4.68 Å². The number of urea groups is 1. The molecular weight excluding hydrogens is 304 g/mol. The summed E-state index contributed by atoms with van der Waals surface area (Å²) in [7, 11) is 0. The summed E-state index contributed by atoms with van der Waals surface area (Å²) in [6.45, 7) is 6.12. The Morgan fingerprint density at radius 1 is 1.29 bits per heavy atom. The number of nitrogens with one attached hydrogen (secondary N) is 1. The van der Waals surface area contributed by atoms with Crippen LogP contribution >= 0.6 is 0 Å². The van der Waals surface area contributed by atoms with Crippen molar-refractivity contribution in [1.82, 2.24) is 20.0 Å². The summed E-state index contributed by atoms with van der Waals surface area (Å²) in [4.78, 5) is 13.9. The zero-order valence-electron chi connectivity index (χ0n) is 14.4. The van der Waals surface area contributed by atoms with Crippen LogP contribution in [0.4, 0.5) is 4.79 Å². The van der Waals surface area contributed by atoms with E-state index in [0.29, 0.717) is 19.6 Å². The lowest BCUT2D eigenvalue weighted by Gasteiger charge is -2.22. The number of carbonyl (C=O) groups excluding carboxylic acids is 1. The number of amides is 2. The predicted molar refractivity (Wildman–Crippen MR) is 93.7 cm³/mol. The van der Waals surface area contributed by atoms with Gasteiger partial charge in [-0.25, -0.2) is 4.79 Å². The van der Waals surface area contributed by atoms with Crippen LogP contribution in [0, 0.1) is 13.8 Å². The normalized spacial score (nSPS) is 10.6. The summed E-state index contributed by atoms with van der Waals surface area (Å²) >= 11 is 0.